The van der Waals surface area contributed by atoms with E-state index >= 15 is 0 Å². The van der Waals surface area contributed by atoms with Crippen LogP contribution in [-0.4, -0.2) is 40.2 Å². The van der Waals surface area contributed by atoms with Crippen molar-refractivity contribution in [2.24, 2.45) is 0 Å². The van der Waals surface area contributed by atoms with Crippen molar-refractivity contribution in [2.75, 3.05) is 25.0 Å². The van der Waals surface area contributed by atoms with Crippen molar-refractivity contribution in [1.82, 2.24) is 14.7 Å². The van der Waals surface area contributed by atoms with Gasteiger partial charge in [-0.2, -0.15) is 5.10 Å². The average molecular weight is 316 g/mol. The van der Waals surface area contributed by atoms with Crippen LogP contribution in [0.2, 0.25) is 0 Å². The van der Waals surface area contributed by atoms with Crippen molar-refractivity contribution in [3.8, 4) is 0 Å². The molecule has 0 unspecified atom stereocenters. The van der Waals surface area contributed by atoms with Crippen molar-refractivity contribution < 1.29 is 4.79 Å². The maximum Gasteiger partial charge on any atom is 0.229 e. The van der Waals surface area contributed by atoms with Crippen molar-refractivity contribution in [3.63, 3.8) is 0 Å². The van der Waals surface area contributed by atoms with Gasteiger partial charge in [-0.15, -0.1) is 0 Å². The fourth-order valence-corrected chi connectivity index (χ4v) is 3.64. The monoisotopic (exact) mass is 316 g/mol. The number of allylic oxidation sites excluding steroid dienone is 1. The van der Waals surface area contributed by atoms with E-state index in [-0.39, 0.29) is 5.91 Å². The molecule has 5 nitrogen and oxygen atoms in total. The molecule has 23 heavy (non-hydrogen) atoms. The summed E-state index contributed by atoms with van der Waals surface area (Å²) in [5.74, 6) is 0.937. The predicted molar refractivity (Wildman–Crippen MR) is 92.4 cm³/mol. The van der Waals surface area contributed by atoms with E-state index in [4.69, 9.17) is 0 Å². The van der Waals surface area contributed by atoms with Crippen molar-refractivity contribution >= 4 is 11.7 Å². The third-order valence-electron chi connectivity index (χ3n) is 5.06. The van der Waals surface area contributed by atoms with Crippen LogP contribution in [0.3, 0.4) is 0 Å². The Morgan fingerprint density at radius 1 is 1.35 bits per heavy atom. The maximum atomic E-state index is 12.3. The van der Waals surface area contributed by atoms with Gasteiger partial charge in [0, 0.05) is 25.6 Å². The molecule has 3 rings (SSSR count). The normalized spacial score (nSPS) is 20.3. The highest BCUT2D eigenvalue weighted by Crippen LogP contribution is 2.26. The van der Waals surface area contributed by atoms with Crippen LogP contribution in [-0.2, 0) is 4.79 Å². The van der Waals surface area contributed by atoms with Gasteiger partial charge in [-0.25, -0.2) is 4.68 Å². The van der Waals surface area contributed by atoms with E-state index in [1.807, 2.05) is 10.7 Å². The summed E-state index contributed by atoms with van der Waals surface area (Å²) in [5, 5.41) is 7.53. The van der Waals surface area contributed by atoms with Gasteiger partial charge >= 0.3 is 0 Å². The number of piperidine rings is 1. The Kier molecular flexibility index (Phi) is 5.49. The van der Waals surface area contributed by atoms with Gasteiger partial charge in [0.2, 0.25) is 5.91 Å². The second-order valence-corrected chi connectivity index (χ2v) is 6.66. The Morgan fingerprint density at radius 2 is 2.17 bits per heavy atom. The highest BCUT2D eigenvalue weighted by molar-refractivity contribution is 5.91. The summed E-state index contributed by atoms with van der Waals surface area (Å²) in [6.07, 6.45) is 11.4. The third-order valence-corrected chi connectivity index (χ3v) is 5.06. The quantitative estimate of drug-likeness (QED) is 0.847. The van der Waals surface area contributed by atoms with Gasteiger partial charge in [0.15, 0.2) is 0 Å². The van der Waals surface area contributed by atoms with Crippen LogP contribution in [0.1, 0.15) is 57.9 Å². The van der Waals surface area contributed by atoms with Crippen LogP contribution in [0.25, 0.3) is 0 Å². The minimum absolute atomic E-state index is 0.0888. The lowest BCUT2D eigenvalue weighted by Gasteiger charge is -2.31. The van der Waals surface area contributed by atoms with Crippen LogP contribution in [0, 0.1) is 0 Å². The molecule has 1 saturated heterocycles. The molecule has 1 aliphatic carbocycles. The Labute approximate surface area is 138 Å². The van der Waals surface area contributed by atoms with E-state index in [0.717, 1.165) is 51.1 Å². The molecule has 0 saturated carbocycles. The number of hydrogen-bond donors (Lipinski definition) is 1. The standard InChI is InChI=1S/C18H28N4O/c1-2-21-12-9-16(10-13-21)22-17(8-11-19-22)20-18(23)14-15-6-4-3-5-7-15/h6,8,11,16H,2-5,7,9-10,12-14H2,1H3,(H,20,23). The maximum absolute atomic E-state index is 12.3. The third kappa shape index (κ3) is 4.22. The van der Waals surface area contributed by atoms with E-state index in [1.54, 1.807) is 6.20 Å². The molecule has 1 N–H and O–H groups in total. The first-order valence-corrected chi connectivity index (χ1v) is 9.00. The average Bonchev–Trinajstić information content (AvgIpc) is 3.03. The Hall–Kier alpha value is -1.62. The number of aromatic nitrogens is 2. The smallest absolute Gasteiger partial charge is 0.229 e. The molecule has 0 atom stereocenters. The second-order valence-electron chi connectivity index (χ2n) is 6.66. The first-order valence-electron chi connectivity index (χ1n) is 9.00. The van der Waals surface area contributed by atoms with Gasteiger partial charge in [0.1, 0.15) is 5.82 Å². The Bertz CT molecular complexity index is 555. The van der Waals surface area contributed by atoms with Crippen LogP contribution in [0.4, 0.5) is 5.82 Å². The number of rotatable bonds is 5. The van der Waals surface area contributed by atoms with Crippen molar-refractivity contribution in [3.05, 3.63) is 23.9 Å². The highest BCUT2D eigenvalue weighted by Gasteiger charge is 2.22. The van der Waals surface area contributed by atoms with E-state index < -0.39 is 0 Å². The minimum atomic E-state index is 0.0888. The van der Waals surface area contributed by atoms with Crippen LogP contribution < -0.4 is 5.32 Å². The number of hydrogen-bond acceptors (Lipinski definition) is 3. The molecular weight excluding hydrogens is 288 g/mol. The molecule has 126 valence electrons. The minimum Gasteiger partial charge on any atom is -0.311 e. The molecule has 0 aromatic carbocycles. The van der Waals surface area contributed by atoms with Gasteiger partial charge in [-0.1, -0.05) is 18.6 Å². The van der Waals surface area contributed by atoms with Gasteiger partial charge < -0.3 is 10.2 Å². The molecule has 1 fully saturated rings. The second kappa shape index (κ2) is 7.77. The van der Waals surface area contributed by atoms with Crippen molar-refractivity contribution in [1.29, 1.82) is 0 Å². The van der Waals surface area contributed by atoms with Gasteiger partial charge in [0.05, 0.1) is 12.2 Å². The number of likely N-dealkylation sites (tertiary alicyclic amines) is 1. The largest absolute Gasteiger partial charge is 0.311 e. The molecule has 2 aliphatic rings. The highest BCUT2D eigenvalue weighted by atomic mass is 16.1. The van der Waals surface area contributed by atoms with Crippen molar-refractivity contribution in [2.45, 2.75) is 57.9 Å². The number of carbonyl (C=O) groups excluding carboxylic acids is 1. The lowest BCUT2D eigenvalue weighted by Crippen LogP contribution is -2.35. The van der Waals surface area contributed by atoms with E-state index in [2.05, 4.69) is 28.3 Å². The van der Waals surface area contributed by atoms with E-state index in [0.29, 0.717) is 12.5 Å². The fraction of sp³-hybridized carbons (Fsp3) is 0.667. The summed E-state index contributed by atoms with van der Waals surface area (Å²) in [6, 6.07) is 2.32. The molecule has 0 radical (unpaired) electrons. The number of carbonyl (C=O) groups is 1. The van der Waals surface area contributed by atoms with Crippen LogP contribution >= 0.6 is 0 Å². The molecule has 5 heteroatoms. The molecule has 1 amide bonds. The number of nitrogens with zero attached hydrogens (tertiary/aromatic N) is 3. The summed E-state index contributed by atoms with van der Waals surface area (Å²) in [6.45, 7) is 5.55. The topological polar surface area (TPSA) is 50.2 Å². The number of amides is 1. The Balaban J connectivity index is 1.58. The molecule has 2 heterocycles. The van der Waals surface area contributed by atoms with Gasteiger partial charge in [-0.3, -0.25) is 4.79 Å². The lowest BCUT2D eigenvalue weighted by atomic mass is 9.97. The number of nitrogens with one attached hydrogen (secondary N) is 1. The van der Waals surface area contributed by atoms with Gasteiger partial charge in [-0.05, 0) is 45.1 Å². The molecule has 0 spiro atoms. The molecule has 1 aromatic rings. The lowest BCUT2D eigenvalue weighted by molar-refractivity contribution is -0.115. The summed E-state index contributed by atoms with van der Waals surface area (Å²) in [7, 11) is 0. The van der Waals surface area contributed by atoms with Gasteiger partial charge in [0.25, 0.3) is 0 Å². The first-order chi connectivity index (χ1) is 11.3. The molecule has 1 aromatic heterocycles. The zero-order valence-electron chi connectivity index (χ0n) is 14.1. The molecule has 0 bridgehead atoms. The Morgan fingerprint density at radius 3 is 2.87 bits per heavy atom. The van der Waals surface area contributed by atoms with E-state index in [9.17, 15) is 4.79 Å². The molecular formula is C18H28N4O. The zero-order valence-corrected chi connectivity index (χ0v) is 14.1. The zero-order chi connectivity index (χ0) is 16.1. The summed E-state index contributed by atoms with van der Waals surface area (Å²) < 4.78 is 2.01. The SMILES string of the molecule is CCN1CCC(n2nccc2NC(=O)CC2=CCCCC2)CC1. The number of anilines is 1. The summed E-state index contributed by atoms with van der Waals surface area (Å²) >= 11 is 0. The van der Waals surface area contributed by atoms with Crippen LogP contribution in [0.15, 0.2) is 23.9 Å². The van der Waals surface area contributed by atoms with E-state index in [1.165, 1.54) is 18.4 Å². The molecule has 1 aliphatic heterocycles. The fourth-order valence-electron chi connectivity index (χ4n) is 3.64. The summed E-state index contributed by atoms with van der Waals surface area (Å²) in [5.41, 5.74) is 1.29. The predicted octanol–water partition coefficient (Wildman–Crippen LogP) is 3.37. The summed E-state index contributed by atoms with van der Waals surface area (Å²) in [4.78, 5) is 14.8. The van der Waals surface area contributed by atoms with Crippen LogP contribution in [0.5, 0.6) is 0 Å². The first kappa shape index (κ1) is 16.2.